The van der Waals surface area contributed by atoms with Crippen molar-refractivity contribution >= 4 is 47.0 Å². The van der Waals surface area contributed by atoms with Crippen LogP contribution in [0.4, 0.5) is 10.7 Å². The molecule has 0 aliphatic rings. The van der Waals surface area contributed by atoms with Gasteiger partial charge in [0.1, 0.15) is 11.8 Å². The van der Waals surface area contributed by atoms with E-state index < -0.39 is 6.09 Å². The number of rotatable bonds is 12. The zero-order chi connectivity index (χ0) is 31.8. The molecule has 2 heterocycles. The standard InChI is InChI=1S/C35H35Cl2N5O2S/c1-25(2)32-33(45-31-19-29(36)18-30(37)20-31)42(23-28-14-16-38-17-15-28)34(39-32)40(3)35(43)44-24-41(21-26-10-6-4-7-11-26)22-27-12-8-5-9-13-27/h4-20,25H,21-24H2,1-3H3. The van der Waals surface area contributed by atoms with Crippen molar-refractivity contribution in [1.29, 1.82) is 0 Å². The summed E-state index contributed by atoms with van der Waals surface area (Å²) in [6.45, 7) is 6.01. The van der Waals surface area contributed by atoms with E-state index in [1.54, 1.807) is 25.5 Å². The van der Waals surface area contributed by atoms with Crippen LogP contribution in [0.3, 0.4) is 0 Å². The molecular weight excluding hydrogens is 625 g/mol. The third kappa shape index (κ3) is 8.89. The highest BCUT2D eigenvalue weighted by Crippen LogP contribution is 2.39. The van der Waals surface area contributed by atoms with E-state index in [1.807, 2.05) is 65.2 Å². The van der Waals surface area contributed by atoms with E-state index in [0.29, 0.717) is 35.6 Å². The van der Waals surface area contributed by atoms with Crippen LogP contribution in [-0.4, -0.2) is 39.3 Å². The normalized spacial score (nSPS) is 11.3. The number of hydrogen-bond donors (Lipinski definition) is 0. The quantitative estimate of drug-likeness (QED) is 0.124. The van der Waals surface area contributed by atoms with Gasteiger partial charge in [-0.05, 0) is 52.9 Å². The lowest BCUT2D eigenvalue weighted by Crippen LogP contribution is -2.34. The predicted molar refractivity (Wildman–Crippen MR) is 182 cm³/mol. The topological polar surface area (TPSA) is 63.5 Å². The monoisotopic (exact) mass is 659 g/mol. The van der Waals surface area contributed by atoms with Crippen LogP contribution in [0.2, 0.25) is 10.0 Å². The van der Waals surface area contributed by atoms with Gasteiger partial charge < -0.3 is 4.74 Å². The number of pyridine rings is 1. The fourth-order valence-electron chi connectivity index (χ4n) is 4.85. The Hall–Kier alpha value is -3.82. The van der Waals surface area contributed by atoms with Gasteiger partial charge in [-0.25, -0.2) is 14.7 Å². The van der Waals surface area contributed by atoms with Crippen molar-refractivity contribution in [3.8, 4) is 0 Å². The van der Waals surface area contributed by atoms with Gasteiger partial charge in [0, 0.05) is 47.5 Å². The molecule has 0 atom stereocenters. The lowest BCUT2D eigenvalue weighted by molar-refractivity contribution is 0.0642. The molecule has 1 amide bonds. The van der Waals surface area contributed by atoms with E-state index in [9.17, 15) is 4.79 Å². The summed E-state index contributed by atoms with van der Waals surface area (Å²) in [5, 5.41) is 1.99. The molecule has 0 radical (unpaired) electrons. The fraction of sp³-hybridized carbons (Fsp3) is 0.229. The molecule has 3 aromatic carbocycles. The smallest absolute Gasteiger partial charge is 0.417 e. The summed E-state index contributed by atoms with van der Waals surface area (Å²) in [6, 6.07) is 29.7. The predicted octanol–water partition coefficient (Wildman–Crippen LogP) is 9.14. The Kier molecular flexibility index (Phi) is 11.2. The molecule has 0 aliphatic heterocycles. The van der Waals surface area contributed by atoms with Crippen molar-refractivity contribution < 1.29 is 9.53 Å². The summed E-state index contributed by atoms with van der Waals surface area (Å²) in [5.41, 5.74) is 4.14. The van der Waals surface area contributed by atoms with Crippen molar-refractivity contribution in [1.82, 2.24) is 19.4 Å². The Morgan fingerprint density at radius 3 is 2.00 bits per heavy atom. The van der Waals surface area contributed by atoms with Crippen LogP contribution in [0, 0.1) is 0 Å². The number of nitrogens with zero attached hydrogens (tertiary/aromatic N) is 5. The van der Waals surface area contributed by atoms with E-state index in [2.05, 4.69) is 48.0 Å². The van der Waals surface area contributed by atoms with Crippen molar-refractivity contribution in [3.05, 3.63) is 136 Å². The number of carbonyl (C=O) groups is 1. The number of aromatic nitrogens is 3. The Morgan fingerprint density at radius 2 is 1.44 bits per heavy atom. The molecule has 0 spiro atoms. The van der Waals surface area contributed by atoms with Gasteiger partial charge in [-0.1, -0.05) is 109 Å². The van der Waals surface area contributed by atoms with Crippen LogP contribution >= 0.6 is 35.0 Å². The number of imidazole rings is 1. The fourth-order valence-corrected chi connectivity index (χ4v) is 6.75. The number of anilines is 1. The maximum absolute atomic E-state index is 13.7. The second-order valence-electron chi connectivity index (χ2n) is 11.0. The minimum absolute atomic E-state index is 0.0799. The molecule has 2 aromatic heterocycles. The number of hydrogen-bond acceptors (Lipinski definition) is 6. The summed E-state index contributed by atoms with van der Waals surface area (Å²) < 4.78 is 7.98. The van der Waals surface area contributed by atoms with E-state index in [4.69, 9.17) is 32.9 Å². The molecule has 45 heavy (non-hydrogen) atoms. The Balaban J connectivity index is 1.43. The highest BCUT2D eigenvalue weighted by molar-refractivity contribution is 7.99. The molecule has 0 saturated carbocycles. The van der Waals surface area contributed by atoms with Gasteiger partial charge in [-0.3, -0.25) is 14.5 Å². The highest BCUT2D eigenvalue weighted by Gasteiger charge is 2.27. The molecule has 0 bridgehead atoms. The van der Waals surface area contributed by atoms with E-state index in [-0.39, 0.29) is 12.6 Å². The summed E-state index contributed by atoms with van der Waals surface area (Å²) >= 11 is 14.2. The molecule has 7 nitrogen and oxygen atoms in total. The number of carbonyl (C=O) groups excluding carboxylic acids is 1. The first kappa shape index (κ1) is 32.6. The first-order valence-corrected chi connectivity index (χ1v) is 16.2. The van der Waals surface area contributed by atoms with Gasteiger partial charge in [-0.2, -0.15) is 0 Å². The summed E-state index contributed by atoms with van der Waals surface area (Å²) in [6.07, 6.45) is 3.01. The van der Waals surface area contributed by atoms with Gasteiger partial charge in [0.15, 0.2) is 0 Å². The SMILES string of the molecule is CC(C)c1nc(N(C)C(=O)OCN(Cc2ccccc2)Cc2ccccc2)n(Cc2ccncc2)c1Sc1cc(Cl)cc(Cl)c1. The molecule has 0 aliphatic carbocycles. The van der Waals surface area contributed by atoms with Crippen LogP contribution in [0.5, 0.6) is 0 Å². The van der Waals surface area contributed by atoms with Crippen LogP contribution in [-0.2, 0) is 24.4 Å². The zero-order valence-electron chi connectivity index (χ0n) is 25.4. The first-order chi connectivity index (χ1) is 21.8. The van der Waals surface area contributed by atoms with Crippen molar-refractivity contribution in [2.24, 2.45) is 0 Å². The van der Waals surface area contributed by atoms with E-state index >= 15 is 0 Å². The summed E-state index contributed by atoms with van der Waals surface area (Å²) in [7, 11) is 1.70. The van der Waals surface area contributed by atoms with Crippen molar-refractivity contribution in [2.45, 2.75) is 49.3 Å². The van der Waals surface area contributed by atoms with Gasteiger partial charge in [0.05, 0.1) is 12.2 Å². The number of ether oxygens (including phenoxy) is 1. The van der Waals surface area contributed by atoms with Gasteiger partial charge >= 0.3 is 6.09 Å². The van der Waals surface area contributed by atoms with Gasteiger partial charge in [0.25, 0.3) is 0 Å². The molecule has 0 unspecified atom stereocenters. The molecule has 5 aromatic rings. The van der Waals surface area contributed by atoms with E-state index in [1.165, 1.54) is 16.7 Å². The molecule has 0 N–H and O–H groups in total. The average molecular weight is 661 g/mol. The molecule has 10 heteroatoms. The van der Waals surface area contributed by atoms with E-state index in [0.717, 1.165) is 32.3 Å². The molecule has 0 saturated heterocycles. The summed E-state index contributed by atoms with van der Waals surface area (Å²) in [5.74, 6) is 0.560. The third-order valence-electron chi connectivity index (χ3n) is 7.06. The number of halogens is 2. The van der Waals surface area contributed by atoms with Gasteiger partial charge in [0.2, 0.25) is 5.95 Å². The lowest BCUT2D eigenvalue weighted by Gasteiger charge is -2.24. The maximum atomic E-state index is 13.7. The minimum atomic E-state index is -0.500. The van der Waals surface area contributed by atoms with Crippen LogP contribution in [0.25, 0.3) is 0 Å². The van der Waals surface area contributed by atoms with Crippen LogP contribution in [0.1, 0.15) is 42.1 Å². The molecule has 5 rings (SSSR count). The van der Waals surface area contributed by atoms with Crippen molar-refractivity contribution in [2.75, 3.05) is 18.7 Å². The van der Waals surface area contributed by atoms with Crippen LogP contribution in [0.15, 0.2) is 113 Å². The average Bonchev–Trinajstić information content (AvgIpc) is 3.38. The highest BCUT2D eigenvalue weighted by atomic mass is 35.5. The molecular formula is C35H35Cl2N5O2S. The zero-order valence-corrected chi connectivity index (χ0v) is 27.8. The Morgan fingerprint density at radius 1 is 0.867 bits per heavy atom. The molecule has 0 fully saturated rings. The largest absolute Gasteiger partial charge is 0.433 e. The first-order valence-electron chi connectivity index (χ1n) is 14.6. The minimum Gasteiger partial charge on any atom is -0.433 e. The number of benzene rings is 3. The maximum Gasteiger partial charge on any atom is 0.417 e. The van der Waals surface area contributed by atoms with Crippen LogP contribution < -0.4 is 4.90 Å². The summed E-state index contributed by atoms with van der Waals surface area (Å²) in [4.78, 5) is 27.3. The second-order valence-corrected chi connectivity index (χ2v) is 12.9. The Bertz CT molecular complexity index is 1640. The number of amides is 1. The lowest BCUT2D eigenvalue weighted by atomic mass is 10.1. The molecule has 232 valence electrons. The second kappa shape index (κ2) is 15.5. The third-order valence-corrected chi connectivity index (χ3v) is 8.59. The van der Waals surface area contributed by atoms with Gasteiger partial charge in [-0.15, -0.1) is 0 Å². The van der Waals surface area contributed by atoms with Crippen molar-refractivity contribution in [3.63, 3.8) is 0 Å². The Labute approximate surface area is 278 Å².